The summed E-state index contributed by atoms with van der Waals surface area (Å²) in [5.74, 6) is 0.440. The van der Waals surface area contributed by atoms with Crippen molar-refractivity contribution in [2.45, 2.75) is 25.9 Å². The summed E-state index contributed by atoms with van der Waals surface area (Å²) >= 11 is 0. The van der Waals surface area contributed by atoms with E-state index in [1.165, 1.54) is 5.01 Å². The third kappa shape index (κ3) is 4.25. The molecule has 0 radical (unpaired) electrons. The lowest BCUT2D eigenvalue weighted by Gasteiger charge is -2.13. The number of hydrogen-bond donors (Lipinski definition) is 1. The highest BCUT2D eigenvalue weighted by Crippen LogP contribution is 2.20. The van der Waals surface area contributed by atoms with Crippen LogP contribution in [0.3, 0.4) is 0 Å². The highest BCUT2D eigenvalue weighted by Gasteiger charge is 2.21. The van der Waals surface area contributed by atoms with Crippen LogP contribution in [0.15, 0.2) is 59.7 Å². The van der Waals surface area contributed by atoms with E-state index in [9.17, 15) is 9.90 Å². The minimum absolute atomic E-state index is 0.0543. The molecule has 2 aromatic carbocycles. The lowest BCUT2D eigenvalue weighted by Crippen LogP contribution is -2.28. The Labute approximate surface area is 147 Å². The fourth-order valence-electron chi connectivity index (χ4n) is 2.71. The molecule has 25 heavy (non-hydrogen) atoms. The van der Waals surface area contributed by atoms with Gasteiger partial charge in [-0.15, -0.1) is 0 Å². The summed E-state index contributed by atoms with van der Waals surface area (Å²) < 4.78 is 5.55. The summed E-state index contributed by atoms with van der Waals surface area (Å²) in [6.07, 6.45) is 0.945. The van der Waals surface area contributed by atoms with Crippen LogP contribution in [-0.2, 0) is 4.79 Å². The van der Waals surface area contributed by atoms with E-state index in [1.807, 2.05) is 49.4 Å². The molecular weight excluding hydrogens is 316 g/mol. The summed E-state index contributed by atoms with van der Waals surface area (Å²) in [5, 5.41) is 15.7. The molecule has 0 fully saturated rings. The molecule has 1 aliphatic heterocycles. The van der Waals surface area contributed by atoms with E-state index in [4.69, 9.17) is 4.74 Å². The molecule has 0 saturated heterocycles. The summed E-state index contributed by atoms with van der Waals surface area (Å²) in [5.41, 5.74) is 2.81. The topological polar surface area (TPSA) is 62.1 Å². The van der Waals surface area contributed by atoms with Crippen LogP contribution in [-0.4, -0.2) is 34.9 Å². The van der Waals surface area contributed by atoms with E-state index in [2.05, 4.69) is 5.10 Å². The Balaban J connectivity index is 1.55. The number of carbonyl (C=O) groups is 1. The molecule has 1 aliphatic rings. The zero-order valence-electron chi connectivity index (χ0n) is 14.3. The van der Waals surface area contributed by atoms with Gasteiger partial charge >= 0.3 is 0 Å². The van der Waals surface area contributed by atoms with E-state index >= 15 is 0 Å². The van der Waals surface area contributed by atoms with Gasteiger partial charge in [0.2, 0.25) is 0 Å². The monoisotopic (exact) mass is 338 g/mol. The van der Waals surface area contributed by atoms with Gasteiger partial charge in [-0.05, 0) is 29.7 Å². The number of hydrogen-bond acceptors (Lipinski definition) is 4. The Kier molecular flexibility index (Phi) is 5.46. The molecule has 0 bridgehead atoms. The summed E-state index contributed by atoms with van der Waals surface area (Å²) in [7, 11) is 0. The Morgan fingerprint density at radius 1 is 1.20 bits per heavy atom. The van der Waals surface area contributed by atoms with Gasteiger partial charge in [-0.25, -0.2) is 5.01 Å². The summed E-state index contributed by atoms with van der Waals surface area (Å²) in [6, 6.07) is 17.0. The molecule has 5 heteroatoms. The van der Waals surface area contributed by atoms with Gasteiger partial charge in [0.15, 0.2) is 6.61 Å². The number of carbonyl (C=O) groups excluding carboxylic acids is 1. The van der Waals surface area contributed by atoms with Crippen LogP contribution >= 0.6 is 0 Å². The van der Waals surface area contributed by atoms with Gasteiger partial charge in [-0.1, -0.05) is 49.4 Å². The molecule has 2 aromatic rings. The Hall–Kier alpha value is -2.66. The van der Waals surface area contributed by atoms with Crippen molar-refractivity contribution in [2.24, 2.45) is 5.10 Å². The number of aliphatic hydroxyl groups is 1. The molecule has 1 amide bonds. The minimum Gasteiger partial charge on any atom is -0.484 e. The Morgan fingerprint density at radius 2 is 1.92 bits per heavy atom. The normalized spacial score (nSPS) is 15.0. The molecule has 0 aliphatic carbocycles. The standard InChI is InChI=1S/C20H22N2O3/c1-2-19(23)16-8-10-17(11-9-16)25-14-20(24)22-13-12-18(21-22)15-6-4-3-5-7-15/h3-11,19,23H,2,12-14H2,1H3. The highest BCUT2D eigenvalue weighted by molar-refractivity contribution is 6.02. The third-order valence-corrected chi connectivity index (χ3v) is 4.21. The number of rotatable bonds is 6. The summed E-state index contributed by atoms with van der Waals surface area (Å²) in [6.45, 7) is 2.45. The number of amides is 1. The zero-order chi connectivity index (χ0) is 17.6. The van der Waals surface area contributed by atoms with Crippen LogP contribution in [0.1, 0.15) is 37.0 Å². The molecular formula is C20H22N2O3. The van der Waals surface area contributed by atoms with E-state index in [-0.39, 0.29) is 12.5 Å². The van der Waals surface area contributed by atoms with E-state index < -0.39 is 6.10 Å². The Morgan fingerprint density at radius 3 is 2.60 bits per heavy atom. The third-order valence-electron chi connectivity index (χ3n) is 4.21. The largest absolute Gasteiger partial charge is 0.484 e. The van der Waals surface area contributed by atoms with E-state index in [1.54, 1.807) is 12.1 Å². The fraction of sp³-hybridized carbons (Fsp3) is 0.300. The van der Waals surface area contributed by atoms with E-state index in [0.717, 1.165) is 23.3 Å². The smallest absolute Gasteiger partial charge is 0.280 e. The molecule has 1 unspecified atom stereocenters. The number of hydrazone groups is 1. The molecule has 1 atom stereocenters. The van der Waals surface area contributed by atoms with Crippen LogP contribution in [0.5, 0.6) is 5.75 Å². The molecule has 3 rings (SSSR count). The first-order chi connectivity index (χ1) is 12.2. The molecule has 1 N–H and O–H groups in total. The van der Waals surface area contributed by atoms with Gasteiger partial charge in [0.25, 0.3) is 5.91 Å². The van der Waals surface area contributed by atoms with Gasteiger partial charge in [0.1, 0.15) is 5.75 Å². The van der Waals surface area contributed by atoms with Crippen LogP contribution in [0.2, 0.25) is 0 Å². The first kappa shape index (κ1) is 17.2. The van der Waals surface area contributed by atoms with Gasteiger partial charge in [-0.3, -0.25) is 4.79 Å². The predicted molar refractivity (Wildman–Crippen MR) is 96.5 cm³/mol. The van der Waals surface area contributed by atoms with Crippen molar-refractivity contribution >= 4 is 11.6 Å². The second kappa shape index (κ2) is 7.94. The molecule has 0 saturated carbocycles. The second-order valence-corrected chi connectivity index (χ2v) is 5.96. The van der Waals surface area contributed by atoms with Crippen molar-refractivity contribution in [1.29, 1.82) is 0 Å². The molecule has 0 aromatic heterocycles. The van der Waals surface area contributed by atoms with Crippen LogP contribution in [0.25, 0.3) is 0 Å². The van der Waals surface area contributed by atoms with Crippen molar-refractivity contribution in [2.75, 3.05) is 13.2 Å². The fourth-order valence-corrected chi connectivity index (χ4v) is 2.71. The number of benzene rings is 2. The average molecular weight is 338 g/mol. The predicted octanol–water partition coefficient (Wildman–Crippen LogP) is 3.15. The number of nitrogens with zero attached hydrogens (tertiary/aromatic N) is 2. The van der Waals surface area contributed by atoms with Crippen molar-refractivity contribution in [3.8, 4) is 5.75 Å². The van der Waals surface area contributed by atoms with Crippen molar-refractivity contribution < 1.29 is 14.6 Å². The maximum absolute atomic E-state index is 12.3. The maximum atomic E-state index is 12.3. The lowest BCUT2D eigenvalue weighted by molar-refractivity contribution is -0.132. The zero-order valence-corrected chi connectivity index (χ0v) is 14.3. The van der Waals surface area contributed by atoms with Crippen molar-refractivity contribution in [3.63, 3.8) is 0 Å². The SMILES string of the molecule is CCC(O)c1ccc(OCC(=O)N2CCC(c3ccccc3)=N2)cc1. The van der Waals surface area contributed by atoms with Crippen LogP contribution in [0.4, 0.5) is 0 Å². The molecule has 130 valence electrons. The van der Waals surface area contributed by atoms with Crippen molar-refractivity contribution in [1.82, 2.24) is 5.01 Å². The first-order valence-corrected chi connectivity index (χ1v) is 8.51. The van der Waals surface area contributed by atoms with Gasteiger partial charge in [0, 0.05) is 6.42 Å². The van der Waals surface area contributed by atoms with Crippen LogP contribution < -0.4 is 4.74 Å². The van der Waals surface area contributed by atoms with Gasteiger partial charge in [-0.2, -0.15) is 5.10 Å². The number of aliphatic hydroxyl groups excluding tert-OH is 1. The highest BCUT2D eigenvalue weighted by atomic mass is 16.5. The quantitative estimate of drug-likeness (QED) is 0.880. The maximum Gasteiger partial charge on any atom is 0.280 e. The molecule has 0 spiro atoms. The molecule has 1 heterocycles. The van der Waals surface area contributed by atoms with Gasteiger partial charge in [0.05, 0.1) is 18.4 Å². The van der Waals surface area contributed by atoms with Crippen LogP contribution in [0, 0.1) is 0 Å². The summed E-state index contributed by atoms with van der Waals surface area (Å²) in [4.78, 5) is 12.3. The Bertz CT molecular complexity index is 741. The van der Waals surface area contributed by atoms with Crippen molar-refractivity contribution in [3.05, 3.63) is 65.7 Å². The van der Waals surface area contributed by atoms with E-state index in [0.29, 0.717) is 18.7 Å². The first-order valence-electron chi connectivity index (χ1n) is 8.51. The minimum atomic E-state index is -0.467. The second-order valence-electron chi connectivity index (χ2n) is 5.96. The number of ether oxygens (including phenoxy) is 1. The average Bonchev–Trinajstić information content (AvgIpc) is 3.17. The molecule has 5 nitrogen and oxygen atoms in total. The lowest BCUT2D eigenvalue weighted by atomic mass is 10.1. The van der Waals surface area contributed by atoms with Gasteiger partial charge < -0.3 is 9.84 Å².